The predicted octanol–water partition coefficient (Wildman–Crippen LogP) is 27.6. The number of hydrogen-bond donors (Lipinski definition) is 0. The fraction of sp³-hybridized carbons (Fsp3) is 0.700. The molecular weight excluding hydrogens is 1050 g/mol. The van der Waals surface area contributed by atoms with Gasteiger partial charge in [-0.05, 0) is 98.9 Å². The molecule has 0 saturated heterocycles. The first kappa shape index (κ1) is 75.7. The molecule has 0 aromatic heterocycles. The summed E-state index contributed by atoms with van der Waals surface area (Å²) in [6.45, 7) is 16.0. The molecule has 0 aliphatic carbocycles. The van der Waals surface area contributed by atoms with Crippen molar-refractivity contribution in [3.8, 4) is 23.7 Å². The number of allylic oxidation sites excluding steroid dienone is 4. The van der Waals surface area contributed by atoms with E-state index in [0.29, 0.717) is 0 Å². The van der Waals surface area contributed by atoms with Crippen LogP contribution in [0, 0.1) is 23.7 Å². The van der Waals surface area contributed by atoms with Gasteiger partial charge in [0, 0.05) is 46.7 Å². The van der Waals surface area contributed by atoms with Crippen molar-refractivity contribution in [2.24, 2.45) is 0 Å². The SMILES string of the molecule is CCCCCCCC#Cc1cc(C#CCCCCCCC)cc(C2=C(CCCC)C=C(c3cc(C=CCCCCCCCCCC)cc(C=CCCCCCCCCCC)c3)[N+]2=[N-])c1.CCCCCCCC[CH2][Ni][CH2]CCCCCCCC. The van der Waals surface area contributed by atoms with E-state index in [9.17, 15) is 5.53 Å². The summed E-state index contributed by atoms with van der Waals surface area (Å²) in [5.74, 6) is 14.0. The van der Waals surface area contributed by atoms with Gasteiger partial charge in [0.25, 0.3) is 0 Å². The van der Waals surface area contributed by atoms with E-state index in [-0.39, 0.29) is 0 Å². The maximum atomic E-state index is 12.4. The first-order valence-electron chi connectivity index (χ1n) is 36.0. The van der Waals surface area contributed by atoms with Gasteiger partial charge < -0.3 is 5.53 Å². The van der Waals surface area contributed by atoms with Crippen molar-refractivity contribution in [1.29, 1.82) is 0 Å². The molecule has 0 bridgehead atoms. The third-order valence-electron chi connectivity index (χ3n) is 16.3. The van der Waals surface area contributed by atoms with Gasteiger partial charge in [0.15, 0.2) is 0 Å². The molecule has 1 aliphatic rings. The molecule has 1 aliphatic heterocycles. The van der Waals surface area contributed by atoms with Crippen molar-refractivity contribution >= 4 is 23.5 Å². The molecule has 2 aromatic rings. The minimum absolute atomic E-state index is 0.848. The topological polar surface area (TPSA) is 25.3 Å². The van der Waals surface area contributed by atoms with Gasteiger partial charge in [-0.25, -0.2) is 4.70 Å². The van der Waals surface area contributed by atoms with Crippen molar-refractivity contribution in [1.82, 2.24) is 0 Å². The molecule has 2 nitrogen and oxygen atoms in total. The van der Waals surface area contributed by atoms with Crippen LogP contribution < -0.4 is 0 Å². The zero-order valence-corrected chi connectivity index (χ0v) is 56.7. The van der Waals surface area contributed by atoms with Gasteiger partial charge in [-0.15, -0.1) is 0 Å². The summed E-state index contributed by atoms with van der Waals surface area (Å²) >= 11 is 2.01. The Bertz CT molecular complexity index is 2030. The van der Waals surface area contributed by atoms with Crippen molar-refractivity contribution in [3.05, 3.63) is 99.1 Å². The molecule has 1 heterocycles. The molecule has 3 heteroatoms. The van der Waals surface area contributed by atoms with Crippen LogP contribution in [0.15, 0.2) is 60.2 Å². The summed E-state index contributed by atoms with van der Waals surface area (Å²) in [6, 6.07) is 13.4. The Morgan fingerprint density at radius 3 is 1.11 bits per heavy atom. The van der Waals surface area contributed by atoms with Crippen LogP contribution in [0.5, 0.6) is 0 Å². The van der Waals surface area contributed by atoms with Gasteiger partial charge in [-0.1, -0.05) is 230 Å². The van der Waals surface area contributed by atoms with Crippen LogP contribution in [-0.2, 0) is 14.4 Å². The molecule has 0 radical (unpaired) electrons. The van der Waals surface area contributed by atoms with Crippen molar-refractivity contribution in [3.63, 3.8) is 0 Å². The van der Waals surface area contributed by atoms with Crippen molar-refractivity contribution < 1.29 is 19.1 Å². The number of unbranched alkanes of at least 4 members (excludes halogenated alkanes) is 39. The number of benzene rings is 2. The van der Waals surface area contributed by atoms with Crippen LogP contribution in [0.1, 0.15) is 384 Å². The van der Waals surface area contributed by atoms with Crippen LogP contribution in [0.2, 0.25) is 10.8 Å². The Hall–Kier alpha value is -3.39. The zero-order valence-electron chi connectivity index (χ0n) is 55.7. The fourth-order valence-corrected chi connectivity index (χ4v) is 12.3. The van der Waals surface area contributed by atoms with Gasteiger partial charge in [-0.3, -0.25) is 0 Å². The van der Waals surface area contributed by atoms with Crippen LogP contribution >= 0.6 is 0 Å². The van der Waals surface area contributed by atoms with E-state index < -0.39 is 0 Å². The third kappa shape index (κ3) is 40.6. The number of nitrogens with zero attached hydrogens (tertiary/aromatic N) is 2. The molecule has 0 saturated carbocycles. The quantitative estimate of drug-likeness (QED) is 0.0273. The summed E-state index contributed by atoms with van der Waals surface area (Å²) < 4.78 is 1.48. The summed E-state index contributed by atoms with van der Waals surface area (Å²) in [7, 11) is 0. The van der Waals surface area contributed by atoms with Gasteiger partial charge in [0.05, 0.1) is 0 Å². The van der Waals surface area contributed by atoms with E-state index >= 15 is 0 Å². The molecule has 0 N–H and O–H groups in total. The summed E-state index contributed by atoms with van der Waals surface area (Å²) in [5, 5.41) is 2.85. The van der Waals surface area contributed by atoms with Crippen molar-refractivity contribution in [2.45, 2.75) is 361 Å². The predicted molar refractivity (Wildman–Crippen MR) is 370 cm³/mol. The van der Waals surface area contributed by atoms with Gasteiger partial charge in [0.2, 0.25) is 11.4 Å². The molecule has 470 valence electrons. The Labute approximate surface area is 523 Å². The third-order valence-corrected chi connectivity index (χ3v) is 17.7. The normalized spacial score (nSPS) is 12.3. The van der Waals surface area contributed by atoms with Gasteiger partial charge in [-0.2, -0.15) is 0 Å². The number of hydrogen-bond acceptors (Lipinski definition) is 0. The van der Waals surface area contributed by atoms with E-state index in [1.807, 2.05) is 14.4 Å². The summed E-state index contributed by atoms with van der Waals surface area (Å²) in [6.07, 6.45) is 72.9. The molecular formula is C80H130N2Ni. The second kappa shape index (κ2) is 56.4. The zero-order chi connectivity index (χ0) is 59.7. The first-order chi connectivity index (χ1) is 41.0. The Morgan fingerprint density at radius 2 is 0.723 bits per heavy atom. The first-order valence-corrected chi connectivity index (χ1v) is 37.4. The standard InChI is InChI=1S/C62H92N2.2C9H19.Ni/c1-6-11-16-20-24-26-28-32-36-38-42-54-47-55(43-39-37-33-29-27-25-21-17-12-7-2)50-59(49-54)61-53-58(46-15-10-5)62(64(61)63)60-51-56(44-40-34-30-22-18-13-8-3)48-57(52-60)45-41-35-31-23-19-14-9-4;2*1-3-5-7-9-8-6-4-2;/h38-39,42-43,47-53H,6-37,46H2,1-5H3;2*1,3-9H2,2H3;. The molecule has 3 rings (SSSR count). The Morgan fingerprint density at radius 1 is 0.373 bits per heavy atom. The Kier molecular flexibility index (Phi) is 51.5. The summed E-state index contributed by atoms with van der Waals surface area (Å²) in [5.41, 5.74) is 21.6. The van der Waals surface area contributed by atoms with E-state index in [0.717, 1.165) is 91.4 Å². The molecule has 83 heavy (non-hydrogen) atoms. The van der Waals surface area contributed by atoms with E-state index in [4.69, 9.17) is 0 Å². The van der Waals surface area contributed by atoms with Crippen molar-refractivity contribution in [2.75, 3.05) is 0 Å². The fourth-order valence-electron chi connectivity index (χ4n) is 11.1. The van der Waals surface area contributed by atoms with E-state index in [1.54, 1.807) is 0 Å². The van der Waals surface area contributed by atoms with Gasteiger partial charge >= 0.3 is 129 Å². The van der Waals surface area contributed by atoms with Crippen LogP contribution in [0.3, 0.4) is 0 Å². The molecule has 0 atom stereocenters. The minimum atomic E-state index is 0.848. The van der Waals surface area contributed by atoms with E-state index in [2.05, 4.69) is 139 Å². The average molecular weight is 1180 g/mol. The van der Waals surface area contributed by atoms with Crippen LogP contribution in [0.25, 0.3) is 29.1 Å². The monoisotopic (exact) mass is 1180 g/mol. The molecule has 0 spiro atoms. The summed E-state index contributed by atoms with van der Waals surface area (Å²) in [4.78, 5) is 0. The van der Waals surface area contributed by atoms with Crippen LogP contribution in [-0.4, -0.2) is 4.70 Å². The van der Waals surface area contributed by atoms with E-state index in [1.165, 1.54) is 276 Å². The molecule has 2 aromatic carbocycles. The van der Waals surface area contributed by atoms with Gasteiger partial charge in [0.1, 0.15) is 0 Å². The Balaban J connectivity index is 0.00000105. The molecule has 0 unspecified atom stereocenters. The maximum absolute atomic E-state index is 12.4. The molecule has 0 fully saturated rings. The number of rotatable bonds is 51. The average Bonchev–Trinajstić information content (AvgIpc) is 4.12. The molecule has 0 amide bonds. The second-order valence-electron chi connectivity index (χ2n) is 24.5. The second-order valence-corrected chi connectivity index (χ2v) is 26.0. The van der Waals surface area contributed by atoms with Crippen LogP contribution in [0.4, 0.5) is 0 Å².